The van der Waals surface area contributed by atoms with Gasteiger partial charge in [-0.2, -0.15) is 0 Å². The Bertz CT molecular complexity index is 715. The molecule has 1 aromatic carbocycles. The number of amides is 2. The van der Waals surface area contributed by atoms with Crippen LogP contribution in [0, 0.1) is 0 Å². The van der Waals surface area contributed by atoms with Crippen LogP contribution in [0.15, 0.2) is 18.2 Å². The fourth-order valence-corrected chi connectivity index (χ4v) is 3.99. The molecule has 0 spiro atoms. The fourth-order valence-electron chi connectivity index (χ4n) is 3.77. The largest absolute Gasteiger partial charge is 0.497 e. The van der Waals surface area contributed by atoms with Crippen LogP contribution < -0.4 is 10.1 Å². The first kappa shape index (κ1) is 23.0. The molecule has 3 rings (SSSR count). The molecular weight excluding hydrogens is 398 g/mol. The number of halogens is 1. The lowest BCUT2D eigenvalue weighted by Gasteiger charge is -2.29. The first-order valence-electron chi connectivity index (χ1n) is 9.71. The molecule has 0 aliphatic carbocycles. The molecule has 160 valence electrons. The minimum atomic E-state index is -0.250. The van der Waals surface area contributed by atoms with E-state index in [-0.39, 0.29) is 18.3 Å². The van der Waals surface area contributed by atoms with Crippen LogP contribution in [0.4, 0.5) is 0 Å². The summed E-state index contributed by atoms with van der Waals surface area (Å²) in [7, 11) is 1.57. The maximum atomic E-state index is 12.9. The average Bonchev–Trinajstić information content (AvgIpc) is 3.08. The summed E-state index contributed by atoms with van der Waals surface area (Å²) in [5, 5.41) is 10.3. The van der Waals surface area contributed by atoms with Gasteiger partial charge in [-0.3, -0.25) is 19.3 Å². The predicted molar refractivity (Wildman–Crippen MR) is 109 cm³/mol. The van der Waals surface area contributed by atoms with Gasteiger partial charge in [-0.25, -0.2) is 0 Å². The average molecular weight is 426 g/mol. The van der Waals surface area contributed by atoms with Gasteiger partial charge in [-0.15, -0.1) is 0 Å². The number of nitrogens with one attached hydrogen (secondary N) is 1. The number of ether oxygens (including phenoxy) is 1. The Morgan fingerprint density at radius 3 is 2.72 bits per heavy atom. The van der Waals surface area contributed by atoms with Crippen LogP contribution in [0.25, 0.3) is 0 Å². The highest BCUT2D eigenvalue weighted by Gasteiger charge is 2.26. The summed E-state index contributed by atoms with van der Waals surface area (Å²) < 4.78 is 5.22. The van der Waals surface area contributed by atoms with Crippen molar-refractivity contribution < 1.29 is 24.2 Å². The van der Waals surface area contributed by atoms with Gasteiger partial charge in [0.15, 0.2) is 0 Å². The number of carbonyl (C=O) groups is 3. The Kier molecular flexibility index (Phi) is 9.21. The molecule has 29 heavy (non-hydrogen) atoms. The molecule has 1 aromatic rings. The van der Waals surface area contributed by atoms with E-state index in [9.17, 15) is 9.59 Å². The Balaban J connectivity index is 0.000000941. The maximum Gasteiger partial charge on any atom is 0.290 e. The number of carboxylic acid groups (broad SMARTS) is 1. The van der Waals surface area contributed by atoms with Gasteiger partial charge in [-0.05, 0) is 37.5 Å². The second kappa shape index (κ2) is 11.6. The van der Waals surface area contributed by atoms with Crippen molar-refractivity contribution in [2.24, 2.45) is 0 Å². The van der Waals surface area contributed by atoms with Crippen LogP contribution in [0.2, 0.25) is 5.02 Å². The van der Waals surface area contributed by atoms with Crippen LogP contribution in [-0.2, 0) is 9.59 Å². The molecule has 1 atom stereocenters. The molecule has 0 radical (unpaired) electrons. The fraction of sp³-hybridized carbons (Fsp3) is 0.550. The van der Waals surface area contributed by atoms with E-state index < -0.39 is 0 Å². The first-order valence-corrected chi connectivity index (χ1v) is 10.1. The highest BCUT2D eigenvalue weighted by atomic mass is 35.5. The number of hydrogen-bond acceptors (Lipinski definition) is 5. The second-order valence-electron chi connectivity index (χ2n) is 7.00. The van der Waals surface area contributed by atoms with Crippen molar-refractivity contribution >= 4 is 29.9 Å². The molecule has 0 aromatic heterocycles. The van der Waals surface area contributed by atoms with E-state index in [2.05, 4.69) is 10.2 Å². The summed E-state index contributed by atoms with van der Waals surface area (Å²) in [6.07, 6.45) is 3.39. The van der Waals surface area contributed by atoms with Gasteiger partial charge in [-0.1, -0.05) is 11.6 Å². The summed E-state index contributed by atoms with van der Waals surface area (Å²) in [5.41, 5.74) is 0.562. The molecule has 2 fully saturated rings. The van der Waals surface area contributed by atoms with Gasteiger partial charge in [0.1, 0.15) is 5.75 Å². The highest BCUT2D eigenvalue weighted by Crippen LogP contribution is 2.23. The summed E-state index contributed by atoms with van der Waals surface area (Å²) in [5.74, 6) is 0.729. The molecule has 0 saturated carbocycles. The third kappa shape index (κ3) is 6.90. The Labute approximate surface area is 175 Å². The molecule has 1 unspecified atom stereocenters. The molecule has 0 bridgehead atoms. The van der Waals surface area contributed by atoms with Gasteiger partial charge < -0.3 is 20.1 Å². The topological polar surface area (TPSA) is 99.2 Å². The highest BCUT2D eigenvalue weighted by molar-refractivity contribution is 6.31. The summed E-state index contributed by atoms with van der Waals surface area (Å²) in [6.45, 7) is 3.70. The van der Waals surface area contributed by atoms with E-state index in [0.29, 0.717) is 35.3 Å². The van der Waals surface area contributed by atoms with Crippen molar-refractivity contribution in [1.29, 1.82) is 0 Å². The third-order valence-electron chi connectivity index (χ3n) is 5.19. The quantitative estimate of drug-likeness (QED) is 0.717. The zero-order valence-corrected chi connectivity index (χ0v) is 17.4. The van der Waals surface area contributed by atoms with Crippen molar-refractivity contribution in [3.8, 4) is 5.75 Å². The zero-order chi connectivity index (χ0) is 21.2. The number of benzene rings is 1. The zero-order valence-electron chi connectivity index (χ0n) is 16.6. The van der Waals surface area contributed by atoms with Gasteiger partial charge in [0, 0.05) is 55.8 Å². The van der Waals surface area contributed by atoms with E-state index in [1.165, 1.54) is 0 Å². The molecule has 2 aliphatic rings. The number of rotatable bonds is 3. The standard InChI is InChI=1S/C19H26ClN3O3.CH2O2/c1-26-17-12-14(11-15(20)13-17)19(25)23-8-2-7-22(9-10-23)16-3-4-18(24)21-6-5-16;2-1-3/h11-13,16H,2-10H2,1H3,(H,21,24);1H,(H,2,3). The van der Waals surface area contributed by atoms with Crippen LogP contribution in [0.5, 0.6) is 5.75 Å². The van der Waals surface area contributed by atoms with E-state index >= 15 is 0 Å². The van der Waals surface area contributed by atoms with Gasteiger partial charge in [0.2, 0.25) is 5.91 Å². The van der Waals surface area contributed by atoms with Gasteiger partial charge in [0.25, 0.3) is 12.4 Å². The van der Waals surface area contributed by atoms with Gasteiger partial charge in [0.05, 0.1) is 7.11 Å². The minimum absolute atomic E-state index is 0.00893. The van der Waals surface area contributed by atoms with E-state index in [1.807, 2.05) is 4.90 Å². The molecule has 2 aliphatic heterocycles. The monoisotopic (exact) mass is 425 g/mol. The number of methoxy groups -OCH3 is 1. The van der Waals surface area contributed by atoms with Crippen LogP contribution in [0.3, 0.4) is 0 Å². The van der Waals surface area contributed by atoms with E-state index in [4.69, 9.17) is 26.2 Å². The van der Waals surface area contributed by atoms with Crippen molar-refractivity contribution in [2.75, 3.05) is 39.8 Å². The Morgan fingerprint density at radius 2 is 2.00 bits per heavy atom. The summed E-state index contributed by atoms with van der Waals surface area (Å²) >= 11 is 6.10. The molecule has 9 heteroatoms. The number of nitrogens with zero attached hydrogens (tertiary/aromatic N) is 2. The van der Waals surface area contributed by atoms with Crippen molar-refractivity contribution in [3.63, 3.8) is 0 Å². The van der Waals surface area contributed by atoms with E-state index in [0.717, 1.165) is 45.4 Å². The summed E-state index contributed by atoms with van der Waals surface area (Å²) in [4.78, 5) is 37.1. The molecule has 2 N–H and O–H groups in total. The van der Waals surface area contributed by atoms with Gasteiger partial charge >= 0.3 is 0 Å². The minimum Gasteiger partial charge on any atom is -0.497 e. The predicted octanol–water partition coefficient (Wildman–Crippen LogP) is 1.87. The van der Waals surface area contributed by atoms with Crippen molar-refractivity contribution in [1.82, 2.24) is 15.1 Å². The normalized spacial score (nSPS) is 20.4. The number of carbonyl (C=O) groups excluding carboxylic acids is 2. The molecule has 8 nitrogen and oxygen atoms in total. The Morgan fingerprint density at radius 1 is 1.24 bits per heavy atom. The molecule has 2 saturated heterocycles. The lowest BCUT2D eigenvalue weighted by Crippen LogP contribution is -2.40. The van der Waals surface area contributed by atoms with Crippen LogP contribution in [-0.4, -0.2) is 79.1 Å². The lowest BCUT2D eigenvalue weighted by molar-refractivity contribution is -0.123. The SMILES string of the molecule is COc1cc(Cl)cc(C(=O)N2CCCN(C3CCNC(=O)CC3)CC2)c1.O=CO. The number of hydrogen-bond donors (Lipinski definition) is 2. The van der Waals surface area contributed by atoms with Crippen molar-refractivity contribution in [2.45, 2.75) is 31.7 Å². The Hall–Kier alpha value is -2.32. The molecule has 2 heterocycles. The van der Waals surface area contributed by atoms with Crippen LogP contribution >= 0.6 is 11.6 Å². The maximum absolute atomic E-state index is 12.9. The van der Waals surface area contributed by atoms with Crippen LogP contribution in [0.1, 0.15) is 36.0 Å². The lowest BCUT2D eigenvalue weighted by atomic mass is 10.1. The van der Waals surface area contributed by atoms with E-state index in [1.54, 1.807) is 25.3 Å². The smallest absolute Gasteiger partial charge is 0.290 e. The third-order valence-corrected chi connectivity index (χ3v) is 5.41. The molecular formula is C20H28ClN3O5. The summed E-state index contributed by atoms with van der Waals surface area (Å²) in [6, 6.07) is 5.54. The van der Waals surface area contributed by atoms with Crippen molar-refractivity contribution in [3.05, 3.63) is 28.8 Å². The second-order valence-corrected chi connectivity index (χ2v) is 7.43. The molecule has 2 amide bonds. The first-order chi connectivity index (χ1) is 14.0.